The second-order valence-corrected chi connectivity index (χ2v) is 12.0. The van der Waals surface area contributed by atoms with Crippen LogP contribution in [0.4, 0.5) is 0 Å². The van der Waals surface area contributed by atoms with E-state index in [1.54, 1.807) is 18.2 Å². The standard InChI is InChI=1S/C30H33NO5S/c32-28(31-37(33,34)27-14-5-2-6-15-27)16-7-8-17-29-18-20-30(21-19-29,35-23-29)24-10-9-13-26(22-24)36-25-11-3-1-4-12-25/h1-6,9-15,22H,7-8,16-21,23H2,(H,31,32). The third-order valence-electron chi connectivity index (χ3n) is 7.77. The Hall–Kier alpha value is -3.16. The molecule has 7 heteroatoms. The van der Waals surface area contributed by atoms with E-state index in [1.165, 1.54) is 17.7 Å². The van der Waals surface area contributed by atoms with Crippen molar-refractivity contribution < 1.29 is 22.7 Å². The molecule has 0 radical (unpaired) electrons. The van der Waals surface area contributed by atoms with Crippen LogP contribution >= 0.6 is 0 Å². The Bertz CT molecular complexity index is 1300. The van der Waals surface area contributed by atoms with Crippen LogP contribution in [-0.4, -0.2) is 20.9 Å². The number of sulfonamides is 1. The zero-order chi connectivity index (χ0) is 25.8. The Kier molecular flexibility index (Phi) is 7.36. The quantitative estimate of drug-likeness (QED) is 0.317. The normalized spacial score (nSPS) is 22.9. The van der Waals surface area contributed by atoms with Crippen molar-refractivity contribution in [3.63, 3.8) is 0 Å². The van der Waals surface area contributed by atoms with Gasteiger partial charge in [0.1, 0.15) is 11.5 Å². The second kappa shape index (κ2) is 10.7. The van der Waals surface area contributed by atoms with Crippen LogP contribution < -0.4 is 9.46 Å². The summed E-state index contributed by atoms with van der Waals surface area (Å²) in [5.41, 5.74) is 1.06. The second-order valence-electron chi connectivity index (χ2n) is 10.3. The minimum Gasteiger partial charge on any atom is -0.457 e. The Morgan fingerprint density at radius 3 is 2.19 bits per heavy atom. The van der Waals surface area contributed by atoms with Gasteiger partial charge in [-0.2, -0.15) is 0 Å². The highest BCUT2D eigenvalue weighted by molar-refractivity contribution is 7.90. The number of nitrogens with one attached hydrogen (secondary N) is 1. The fourth-order valence-corrected chi connectivity index (χ4v) is 6.61. The first-order chi connectivity index (χ1) is 17.9. The highest BCUT2D eigenvalue weighted by atomic mass is 32.2. The number of carbonyl (C=O) groups excluding carboxylic acids is 1. The van der Waals surface area contributed by atoms with E-state index in [1.807, 2.05) is 42.5 Å². The van der Waals surface area contributed by atoms with Gasteiger partial charge in [-0.15, -0.1) is 0 Å². The molecule has 3 aromatic carbocycles. The van der Waals surface area contributed by atoms with Crippen molar-refractivity contribution >= 4 is 15.9 Å². The maximum absolute atomic E-state index is 12.3. The summed E-state index contributed by atoms with van der Waals surface area (Å²) in [4.78, 5) is 12.4. The minimum atomic E-state index is -3.81. The summed E-state index contributed by atoms with van der Waals surface area (Å²) in [6, 6.07) is 26.0. The molecule has 0 atom stereocenters. The van der Waals surface area contributed by atoms with Gasteiger partial charge in [-0.25, -0.2) is 13.1 Å². The zero-order valence-corrected chi connectivity index (χ0v) is 21.7. The smallest absolute Gasteiger partial charge is 0.264 e. The van der Waals surface area contributed by atoms with Crippen LogP contribution in [0.15, 0.2) is 89.8 Å². The van der Waals surface area contributed by atoms with Crippen LogP contribution in [0.1, 0.15) is 56.9 Å². The van der Waals surface area contributed by atoms with Gasteiger partial charge in [0.15, 0.2) is 0 Å². The van der Waals surface area contributed by atoms with Gasteiger partial charge in [0, 0.05) is 6.42 Å². The number of unbranched alkanes of at least 4 members (excludes halogenated alkanes) is 1. The molecule has 0 aromatic heterocycles. The number of fused-ring (bicyclic) bond motifs is 3. The van der Waals surface area contributed by atoms with E-state index in [4.69, 9.17) is 9.47 Å². The molecule has 2 bridgehead atoms. The van der Waals surface area contributed by atoms with E-state index in [-0.39, 0.29) is 22.3 Å². The Morgan fingerprint density at radius 1 is 0.838 bits per heavy atom. The fourth-order valence-electron chi connectivity index (χ4n) is 5.57. The molecule has 1 N–H and O–H groups in total. The van der Waals surface area contributed by atoms with Crippen LogP contribution in [0.25, 0.3) is 0 Å². The molecule has 0 spiro atoms. The van der Waals surface area contributed by atoms with Crippen LogP contribution in [0, 0.1) is 5.41 Å². The van der Waals surface area contributed by atoms with Gasteiger partial charge in [-0.1, -0.05) is 55.0 Å². The Labute approximate surface area is 219 Å². The third-order valence-corrected chi connectivity index (χ3v) is 9.16. The molecule has 2 saturated heterocycles. The van der Waals surface area contributed by atoms with Gasteiger partial charge in [0.05, 0.1) is 17.1 Å². The average Bonchev–Trinajstić information content (AvgIpc) is 2.93. The SMILES string of the molecule is O=C(CCCCC12CCC(c3cccc(Oc4ccccc4)c3)(CC1)OC2)NS(=O)(=O)c1ccccc1. The van der Waals surface area contributed by atoms with Crippen molar-refractivity contribution in [3.8, 4) is 11.5 Å². The molecule has 6 rings (SSSR count). The summed E-state index contributed by atoms with van der Waals surface area (Å²) in [6.07, 6.45) is 6.82. The average molecular weight is 520 g/mol. The van der Waals surface area contributed by atoms with E-state index in [9.17, 15) is 13.2 Å². The number of para-hydroxylation sites is 1. The van der Waals surface area contributed by atoms with Crippen molar-refractivity contribution in [2.75, 3.05) is 6.61 Å². The molecule has 1 saturated carbocycles. The lowest BCUT2D eigenvalue weighted by molar-refractivity contribution is -0.191. The Morgan fingerprint density at radius 2 is 1.51 bits per heavy atom. The van der Waals surface area contributed by atoms with Crippen molar-refractivity contribution in [2.45, 2.75) is 61.9 Å². The zero-order valence-electron chi connectivity index (χ0n) is 20.9. The maximum Gasteiger partial charge on any atom is 0.264 e. The highest BCUT2D eigenvalue weighted by Crippen LogP contribution is 2.55. The monoisotopic (exact) mass is 519 g/mol. The van der Waals surface area contributed by atoms with E-state index in [0.29, 0.717) is 13.0 Å². The molecule has 37 heavy (non-hydrogen) atoms. The van der Waals surface area contributed by atoms with Crippen LogP contribution in [0.5, 0.6) is 11.5 Å². The molecule has 2 aliphatic heterocycles. The van der Waals surface area contributed by atoms with Crippen molar-refractivity contribution in [1.29, 1.82) is 0 Å². The van der Waals surface area contributed by atoms with Crippen molar-refractivity contribution in [1.82, 2.24) is 4.72 Å². The molecule has 6 nitrogen and oxygen atoms in total. The fraction of sp³-hybridized carbons (Fsp3) is 0.367. The number of hydrogen-bond donors (Lipinski definition) is 1. The van der Waals surface area contributed by atoms with E-state index in [2.05, 4.69) is 16.9 Å². The van der Waals surface area contributed by atoms with Gasteiger partial charge in [0.2, 0.25) is 5.91 Å². The summed E-state index contributed by atoms with van der Waals surface area (Å²) in [5, 5.41) is 0. The number of ether oxygens (including phenoxy) is 2. The molecule has 1 aliphatic carbocycles. The lowest BCUT2D eigenvalue weighted by atomic mass is 9.62. The maximum atomic E-state index is 12.3. The summed E-state index contributed by atoms with van der Waals surface area (Å²) >= 11 is 0. The first kappa shape index (κ1) is 25.5. The summed E-state index contributed by atoms with van der Waals surface area (Å²) in [6.45, 7) is 0.714. The summed E-state index contributed by atoms with van der Waals surface area (Å²) in [7, 11) is -3.81. The van der Waals surface area contributed by atoms with Gasteiger partial charge in [-0.05, 0) is 85.9 Å². The van der Waals surface area contributed by atoms with E-state index >= 15 is 0 Å². The van der Waals surface area contributed by atoms with E-state index in [0.717, 1.165) is 50.0 Å². The molecule has 3 aromatic rings. The molecule has 1 amide bonds. The van der Waals surface area contributed by atoms with Gasteiger partial charge in [-0.3, -0.25) is 4.79 Å². The molecule has 194 valence electrons. The molecule has 0 unspecified atom stereocenters. The number of amides is 1. The van der Waals surface area contributed by atoms with E-state index < -0.39 is 15.9 Å². The van der Waals surface area contributed by atoms with Crippen molar-refractivity contribution in [2.24, 2.45) is 5.41 Å². The molecule has 2 heterocycles. The highest BCUT2D eigenvalue weighted by Gasteiger charge is 2.50. The van der Waals surface area contributed by atoms with Gasteiger partial charge < -0.3 is 9.47 Å². The van der Waals surface area contributed by atoms with Crippen LogP contribution in [0.3, 0.4) is 0 Å². The van der Waals surface area contributed by atoms with Crippen LogP contribution in [0.2, 0.25) is 0 Å². The minimum absolute atomic E-state index is 0.101. The summed E-state index contributed by atoms with van der Waals surface area (Å²) in [5.74, 6) is 1.17. The predicted octanol–water partition coefficient (Wildman–Crippen LogP) is 6.33. The number of rotatable bonds is 10. The first-order valence-electron chi connectivity index (χ1n) is 13.0. The molecular weight excluding hydrogens is 486 g/mol. The predicted molar refractivity (Wildman–Crippen MR) is 142 cm³/mol. The largest absolute Gasteiger partial charge is 0.457 e. The number of carbonyl (C=O) groups is 1. The van der Waals surface area contributed by atoms with Gasteiger partial charge >= 0.3 is 0 Å². The first-order valence-corrected chi connectivity index (χ1v) is 14.4. The molecular formula is C30H33NO5S. The lowest BCUT2D eigenvalue weighted by Crippen LogP contribution is -2.49. The Balaban J connectivity index is 1.11. The van der Waals surface area contributed by atoms with Crippen LogP contribution in [-0.2, 0) is 25.2 Å². The summed E-state index contributed by atoms with van der Waals surface area (Å²) < 4.78 is 39.4. The van der Waals surface area contributed by atoms with Gasteiger partial charge in [0.25, 0.3) is 10.0 Å². The number of benzene rings is 3. The number of hydrogen-bond acceptors (Lipinski definition) is 5. The van der Waals surface area contributed by atoms with Crippen molar-refractivity contribution in [3.05, 3.63) is 90.5 Å². The topological polar surface area (TPSA) is 81.7 Å². The lowest BCUT2D eigenvalue weighted by Gasteiger charge is -2.53. The molecule has 3 fully saturated rings. The molecule has 3 aliphatic rings. The third kappa shape index (κ3) is 5.89.